The predicted molar refractivity (Wildman–Crippen MR) is 57.5 cm³/mol. The number of carboxylic acid groups (broad SMARTS) is 1. The fourth-order valence-electron chi connectivity index (χ4n) is 1.08. The molecule has 0 heterocycles. The minimum Gasteiger partial charge on any atom is -0.480 e. The summed E-state index contributed by atoms with van der Waals surface area (Å²) in [5.41, 5.74) is 0. The van der Waals surface area contributed by atoms with E-state index in [0.29, 0.717) is 0 Å². The van der Waals surface area contributed by atoms with E-state index in [0.717, 1.165) is 0 Å². The third kappa shape index (κ3) is 2.96. The fraction of sp³-hybridized carbons (Fsp3) is 0.833. The van der Waals surface area contributed by atoms with Crippen LogP contribution in [0.2, 0.25) is 0 Å². The van der Waals surface area contributed by atoms with E-state index in [1.165, 1.54) is 0 Å². The van der Waals surface area contributed by atoms with Crippen molar-refractivity contribution in [1.82, 2.24) is 5.32 Å². The van der Waals surface area contributed by atoms with Crippen LogP contribution in [0.15, 0.2) is 0 Å². The number of hydrogen-bond donors (Lipinski definition) is 5. The Balaban J connectivity index is 5.88. The maximum Gasteiger partial charge on any atom is 0.317 e. The highest BCUT2D eigenvalue weighted by Gasteiger charge is 2.54. The second-order valence-electron chi connectivity index (χ2n) is 3.15. The van der Waals surface area contributed by atoms with E-state index in [4.69, 9.17) is 20.4 Å². The number of carbonyl (C=O) groups is 1. The third-order valence-corrected chi connectivity index (χ3v) is 6.82. The van der Waals surface area contributed by atoms with Crippen LogP contribution >= 0.6 is 0 Å². The van der Waals surface area contributed by atoms with Crippen molar-refractivity contribution < 1.29 is 42.1 Å². The van der Waals surface area contributed by atoms with Gasteiger partial charge in [0.1, 0.15) is 11.9 Å². The van der Waals surface area contributed by atoms with E-state index < -0.39 is 54.9 Å². The second kappa shape index (κ2) is 5.90. The normalized spacial score (nSPS) is 13.5. The molecule has 108 valence electrons. The Morgan fingerprint density at radius 3 is 1.61 bits per heavy atom. The van der Waals surface area contributed by atoms with Crippen LogP contribution < -0.4 is 5.32 Å². The predicted octanol–water partition coefficient (Wildman–Crippen LogP) is -3.96. The first kappa shape index (κ1) is 17.2. The number of sulfone groups is 2. The number of aliphatic hydroxyl groups excluding tert-OH is 3. The summed E-state index contributed by atoms with van der Waals surface area (Å²) in [7, 11) is -9.71. The zero-order valence-corrected chi connectivity index (χ0v) is 10.6. The molecule has 0 saturated carbocycles. The molecule has 0 aromatic rings. The first-order valence-corrected chi connectivity index (χ1v) is 7.64. The molecule has 0 saturated heterocycles. The Kier molecular flexibility index (Phi) is 5.64. The molecule has 0 unspecified atom stereocenters. The average molecular weight is 307 g/mol. The van der Waals surface area contributed by atoms with Crippen LogP contribution in [0.4, 0.5) is 0 Å². The highest BCUT2D eigenvalue weighted by molar-refractivity contribution is 8.10. The monoisotopic (exact) mass is 307 g/mol. The molecule has 0 aliphatic carbocycles. The Hall–Kier alpha value is -0.790. The Morgan fingerprint density at radius 1 is 1.00 bits per heavy atom. The van der Waals surface area contributed by atoms with Gasteiger partial charge in [0.25, 0.3) is 4.20 Å². The van der Waals surface area contributed by atoms with Crippen molar-refractivity contribution in [2.45, 2.75) is 4.20 Å². The van der Waals surface area contributed by atoms with Crippen molar-refractivity contribution in [1.29, 1.82) is 0 Å². The van der Waals surface area contributed by atoms with Gasteiger partial charge in [0, 0.05) is 0 Å². The van der Waals surface area contributed by atoms with Gasteiger partial charge in [0.15, 0.2) is 0 Å². The second-order valence-corrected chi connectivity index (χ2v) is 7.77. The molecule has 5 N–H and O–H groups in total. The van der Waals surface area contributed by atoms with Gasteiger partial charge in [-0.25, -0.2) is 16.8 Å². The van der Waals surface area contributed by atoms with Gasteiger partial charge in [-0.1, -0.05) is 0 Å². The van der Waals surface area contributed by atoms with Gasteiger partial charge in [-0.3, -0.25) is 10.1 Å². The lowest BCUT2D eigenvalue weighted by Crippen LogP contribution is -2.62. The molecular formula is C6H13NO9S2. The van der Waals surface area contributed by atoms with Crippen LogP contribution in [0, 0.1) is 0 Å². The van der Waals surface area contributed by atoms with Crippen molar-refractivity contribution in [2.24, 2.45) is 0 Å². The number of aliphatic hydroxyl groups is 3. The van der Waals surface area contributed by atoms with Gasteiger partial charge in [-0.2, -0.15) is 0 Å². The molecular weight excluding hydrogens is 294 g/mol. The molecule has 12 heteroatoms. The summed E-state index contributed by atoms with van der Waals surface area (Å²) >= 11 is 0. The molecule has 0 bridgehead atoms. The van der Waals surface area contributed by atoms with Gasteiger partial charge in [-0.05, 0) is 0 Å². The molecule has 0 aromatic heterocycles. The molecule has 0 aliphatic heterocycles. The van der Waals surface area contributed by atoms with Crippen molar-refractivity contribution in [3.05, 3.63) is 0 Å². The van der Waals surface area contributed by atoms with Gasteiger partial charge in [-0.15, -0.1) is 0 Å². The smallest absolute Gasteiger partial charge is 0.317 e. The zero-order chi connectivity index (χ0) is 14.6. The fourth-order valence-corrected chi connectivity index (χ4v) is 4.34. The van der Waals surface area contributed by atoms with Crippen LogP contribution in [-0.4, -0.2) is 72.5 Å². The molecule has 0 atom stereocenters. The summed E-state index contributed by atoms with van der Waals surface area (Å²) in [4.78, 5) is 10.3. The van der Waals surface area contributed by atoms with Crippen molar-refractivity contribution in [3.63, 3.8) is 0 Å². The Morgan fingerprint density at radius 2 is 1.39 bits per heavy atom. The number of rotatable bonds is 8. The zero-order valence-electron chi connectivity index (χ0n) is 8.98. The maximum atomic E-state index is 11.5. The van der Waals surface area contributed by atoms with Crippen LogP contribution in [0.25, 0.3) is 0 Å². The first-order valence-electron chi connectivity index (χ1n) is 4.34. The number of carboxylic acids is 1. The van der Waals surface area contributed by atoms with E-state index in [1.807, 2.05) is 0 Å². The van der Waals surface area contributed by atoms with Crippen molar-refractivity contribution in [3.8, 4) is 0 Å². The molecule has 18 heavy (non-hydrogen) atoms. The molecule has 10 nitrogen and oxygen atoms in total. The van der Waals surface area contributed by atoms with Crippen LogP contribution in [0.5, 0.6) is 0 Å². The standard InChI is InChI=1S/C6H13NO9S2/c8-2-6(7-1-5(11)12,17(13,14)3-9)18(15,16)4-10/h7-10H,1-4H2,(H,11,12). The summed E-state index contributed by atoms with van der Waals surface area (Å²) in [5.74, 6) is -4.90. The lowest BCUT2D eigenvalue weighted by molar-refractivity contribution is -0.136. The van der Waals surface area contributed by atoms with Gasteiger partial charge in [0.2, 0.25) is 19.7 Å². The molecule has 0 aliphatic rings. The first-order chi connectivity index (χ1) is 8.10. The molecule has 0 rings (SSSR count). The summed E-state index contributed by atoms with van der Waals surface area (Å²) < 4.78 is 42.9. The van der Waals surface area contributed by atoms with E-state index >= 15 is 0 Å². The lowest BCUT2D eigenvalue weighted by Gasteiger charge is -2.29. The van der Waals surface area contributed by atoms with Crippen molar-refractivity contribution in [2.75, 3.05) is 25.0 Å². The maximum absolute atomic E-state index is 11.5. The quantitative estimate of drug-likeness (QED) is 0.297. The molecule has 0 radical (unpaired) electrons. The molecule has 0 amide bonds. The van der Waals surface area contributed by atoms with Crippen LogP contribution in [0.3, 0.4) is 0 Å². The summed E-state index contributed by atoms with van der Waals surface area (Å²) in [6.07, 6.45) is 0. The molecule has 0 spiro atoms. The summed E-state index contributed by atoms with van der Waals surface area (Å²) in [5, 5.41) is 36.3. The number of nitrogens with one attached hydrogen (secondary N) is 1. The largest absolute Gasteiger partial charge is 0.480 e. The van der Waals surface area contributed by atoms with E-state index in [9.17, 15) is 21.6 Å². The number of hydrogen-bond acceptors (Lipinski definition) is 9. The minimum absolute atomic E-state index is 1.11. The van der Waals surface area contributed by atoms with Gasteiger partial charge < -0.3 is 20.4 Å². The van der Waals surface area contributed by atoms with E-state index in [-0.39, 0.29) is 0 Å². The summed E-state index contributed by atoms with van der Waals surface area (Å²) in [6.45, 7) is -2.68. The number of aliphatic carboxylic acids is 1. The topological polar surface area (TPSA) is 178 Å². The van der Waals surface area contributed by atoms with Crippen molar-refractivity contribution >= 4 is 25.6 Å². The van der Waals surface area contributed by atoms with E-state index in [2.05, 4.69) is 0 Å². The third-order valence-electron chi connectivity index (χ3n) is 2.06. The lowest BCUT2D eigenvalue weighted by atomic mass is 10.6. The molecule has 0 aromatic carbocycles. The highest BCUT2D eigenvalue weighted by Crippen LogP contribution is 2.22. The molecule has 0 fully saturated rings. The Labute approximate surface area is 103 Å². The SMILES string of the molecule is O=C(O)CNC(CO)(S(=O)(=O)CO)S(=O)(=O)CO. The van der Waals surface area contributed by atoms with E-state index in [1.54, 1.807) is 5.32 Å². The highest BCUT2D eigenvalue weighted by atomic mass is 32.3. The Bertz CT molecular complexity index is 459. The average Bonchev–Trinajstić information content (AvgIpc) is 2.29. The van der Waals surface area contributed by atoms with Crippen LogP contribution in [-0.2, 0) is 24.5 Å². The van der Waals surface area contributed by atoms with Crippen LogP contribution in [0.1, 0.15) is 0 Å². The van der Waals surface area contributed by atoms with Gasteiger partial charge in [0.05, 0.1) is 13.2 Å². The summed E-state index contributed by atoms with van der Waals surface area (Å²) in [6, 6.07) is 0. The van der Waals surface area contributed by atoms with Gasteiger partial charge >= 0.3 is 5.97 Å². The minimum atomic E-state index is -4.85.